The van der Waals surface area contributed by atoms with Gasteiger partial charge >= 0.3 is 6.18 Å². The molecular weight excluding hydrogens is 367 g/mol. The summed E-state index contributed by atoms with van der Waals surface area (Å²) >= 11 is 0.668. The van der Waals surface area contributed by atoms with E-state index in [1.807, 2.05) is 0 Å². The van der Waals surface area contributed by atoms with Crippen LogP contribution < -0.4 is 0 Å². The molecule has 0 spiro atoms. The van der Waals surface area contributed by atoms with Crippen molar-refractivity contribution in [3.63, 3.8) is 0 Å². The van der Waals surface area contributed by atoms with Crippen LogP contribution in [-0.2, 0) is 17.5 Å². The highest BCUT2D eigenvalue weighted by Gasteiger charge is 2.36. The summed E-state index contributed by atoms with van der Waals surface area (Å²) in [6, 6.07) is 11.8. The molecule has 0 atom stereocenters. The molecule has 0 bridgehead atoms. The first-order chi connectivity index (χ1) is 12.3. The second kappa shape index (κ2) is 6.87. The third-order valence-corrected chi connectivity index (χ3v) is 4.59. The Balaban J connectivity index is 1.86. The molecular formula is C18H12F3NO3S. The summed E-state index contributed by atoms with van der Waals surface area (Å²) in [6.45, 7) is 0.0895. The van der Waals surface area contributed by atoms with E-state index in [9.17, 15) is 27.9 Å². The zero-order valence-corrected chi connectivity index (χ0v) is 14.0. The second-order valence-electron chi connectivity index (χ2n) is 5.53. The van der Waals surface area contributed by atoms with E-state index in [-0.39, 0.29) is 17.0 Å². The Kier molecular flexibility index (Phi) is 4.78. The van der Waals surface area contributed by atoms with Gasteiger partial charge in [0.15, 0.2) is 0 Å². The zero-order chi connectivity index (χ0) is 18.9. The maximum Gasteiger partial charge on any atom is 0.419 e. The zero-order valence-electron chi connectivity index (χ0n) is 13.2. The first kappa shape index (κ1) is 18.1. The van der Waals surface area contributed by atoms with Gasteiger partial charge in [-0.15, -0.1) is 0 Å². The number of amides is 2. The number of halogens is 3. The highest BCUT2D eigenvalue weighted by Crippen LogP contribution is 2.38. The summed E-state index contributed by atoms with van der Waals surface area (Å²) in [5.74, 6) is -1.46. The van der Waals surface area contributed by atoms with E-state index in [4.69, 9.17) is 0 Å². The minimum absolute atomic E-state index is 0.0322. The molecule has 2 aromatic rings. The van der Waals surface area contributed by atoms with Crippen molar-refractivity contribution in [1.29, 1.82) is 0 Å². The predicted octanol–water partition coefficient (Wildman–Crippen LogP) is 4.65. The highest BCUT2D eigenvalue weighted by molar-refractivity contribution is 8.18. The Labute approximate surface area is 150 Å². The number of benzene rings is 2. The molecule has 4 nitrogen and oxygen atoms in total. The standard InChI is InChI=1S/C18H12F3NO3S/c19-18(20,21)13-8-12(6-7-14(13)23)9-15-16(24)22(17(25)26-15)10-11-4-2-1-3-5-11/h1-9,23H,10H2/b15-9-. The molecule has 134 valence electrons. The van der Waals surface area contributed by atoms with E-state index < -0.39 is 28.6 Å². The number of hydrogen-bond acceptors (Lipinski definition) is 4. The Morgan fingerprint density at radius 1 is 1.08 bits per heavy atom. The molecule has 3 rings (SSSR count). The number of nitrogens with zero attached hydrogens (tertiary/aromatic N) is 1. The fourth-order valence-electron chi connectivity index (χ4n) is 2.42. The Morgan fingerprint density at radius 2 is 1.77 bits per heavy atom. The van der Waals surface area contributed by atoms with Crippen molar-refractivity contribution in [3.05, 3.63) is 70.1 Å². The molecule has 2 aromatic carbocycles. The quantitative estimate of drug-likeness (QED) is 0.789. The van der Waals surface area contributed by atoms with E-state index >= 15 is 0 Å². The number of thioether (sulfide) groups is 1. The van der Waals surface area contributed by atoms with Crippen LogP contribution in [0.2, 0.25) is 0 Å². The normalized spacial score (nSPS) is 16.6. The van der Waals surface area contributed by atoms with Crippen LogP contribution in [0.1, 0.15) is 16.7 Å². The van der Waals surface area contributed by atoms with Gasteiger partial charge in [0.05, 0.1) is 17.0 Å². The van der Waals surface area contributed by atoms with Crippen molar-refractivity contribution in [1.82, 2.24) is 4.90 Å². The highest BCUT2D eigenvalue weighted by atomic mass is 32.2. The van der Waals surface area contributed by atoms with Crippen LogP contribution in [0.5, 0.6) is 5.75 Å². The van der Waals surface area contributed by atoms with Crippen LogP contribution in [0.15, 0.2) is 53.4 Å². The van der Waals surface area contributed by atoms with Crippen molar-refractivity contribution >= 4 is 29.0 Å². The molecule has 0 aromatic heterocycles. The van der Waals surface area contributed by atoms with Crippen LogP contribution in [-0.4, -0.2) is 21.2 Å². The van der Waals surface area contributed by atoms with Crippen LogP contribution >= 0.6 is 11.8 Å². The number of alkyl halides is 3. The monoisotopic (exact) mass is 379 g/mol. The smallest absolute Gasteiger partial charge is 0.419 e. The lowest BCUT2D eigenvalue weighted by molar-refractivity contribution is -0.138. The topological polar surface area (TPSA) is 57.6 Å². The molecule has 1 fully saturated rings. The summed E-state index contributed by atoms with van der Waals surface area (Å²) in [5, 5.41) is 8.87. The van der Waals surface area contributed by atoms with Gasteiger partial charge < -0.3 is 5.11 Å². The molecule has 1 aliphatic heterocycles. The molecule has 8 heteroatoms. The van der Waals surface area contributed by atoms with Gasteiger partial charge in [-0.25, -0.2) is 0 Å². The molecule has 1 heterocycles. The van der Waals surface area contributed by atoms with Crippen molar-refractivity contribution in [2.45, 2.75) is 12.7 Å². The molecule has 1 saturated heterocycles. The Morgan fingerprint density at radius 3 is 2.42 bits per heavy atom. The SMILES string of the molecule is O=C1S/C(=C\c2ccc(O)c(C(F)(F)F)c2)C(=O)N1Cc1ccccc1. The number of carbonyl (C=O) groups is 2. The molecule has 1 N–H and O–H groups in total. The number of rotatable bonds is 3. The van der Waals surface area contributed by atoms with Gasteiger partial charge in [0.25, 0.3) is 11.1 Å². The van der Waals surface area contributed by atoms with Gasteiger partial charge in [-0.05, 0) is 41.1 Å². The Hall–Kier alpha value is -2.74. The number of phenols is 1. The van der Waals surface area contributed by atoms with E-state index in [2.05, 4.69) is 0 Å². The fraction of sp³-hybridized carbons (Fsp3) is 0.111. The predicted molar refractivity (Wildman–Crippen MR) is 91.1 cm³/mol. The average Bonchev–Trinajstić information content (AvgIpc) is 2.84. The number of carbonyl (C=O) groups excluding carboxylic acids is 2. The minimum atomic E-state index is -4.72. The Bertz CT molecular complexity index is 894. The first-order valence-corrected chi connectivity index (χ1v) is 8.27. The lowest BCUT2D eigenvalue weighted by atomic mass is 10.1. The summed E-state index contributed by atoms with van der Waals surface area (Å²) in [7, 11) is 0. The first-order valence-electron chi connectivity index (χ1n) is 7.45. The summed E-state index contributed by atoms with van der Waals surface area (Å²) in [6.07, 6.45) is -3.51. The molecule has 0 unspecified atom stereocenters. The van der Waals surface area contributed by atoms with Gasteiger partial charge in [-0.2, -0.15) is 13.2 Å². The molecule has 2 amide bonds. The molecule has 1 aliphatic rings. The summed E-state index contributed by atoms with van der Waals surface area (Å²) in [5.41, 5.74) is -0.366. The van der Waals surface area contributed by atoms with Crippen LogP contribution in [0.25, 0.3) is 6.08 Å². The summed E-state index contributed by atoms with van der Waals surface area (Å²) < 4.78 is 38.6. The van der Waals surface area contributed by atoms with E-state index in [1.165, 1.54) is 12.1 Å². The second-order valence-corrected chi connectivity index (χ2v) is 6.52. The third kappa shape index (κ3) is 3.75. The van der Waals surface area contributed by atoms with Crippen LogP contribution in [0.4, 0.5) is 18.0 Å². The molecule has 0 aliphatic carbocycles. The molecule has 0 radical (unpaired) electrons. The number of hydrogen-bond donors (Lipinski definition) is 1. The van der Waals surface area contributed by atoms with Crippen molar-refractivity contribution in [2.24, 2.45) is 0 Å². The molecule has 26 heavy (non-hydrogen) atoms. The van der Waals surface area contributed by atoms with Crippen molar-refractivity contribution in [3.8, 4) is 5.75 Å². The van der Waals surface area contributed by atoms with E-state index in [0.717, 1.165) is 22.6 Å². The lowest BCUT2D eigenvalue weighted by Crippen LogP contribution is -2.27. The van der Waals surface area contributed by atoms with Gasteiger partial charge in [-0.3, -0.25) is 14.5 Å². The maximum absolute atomic E-state index is 12.9. The largest absolute Gasteiger partial charge is 0.507 e. The number of phenolic OH excluding ortho intramolecular Hbond substituents is 1. The number of aromatic hydroxyl groups is 1. The van der Waals surface area contributed by atoms with Gasteiger partial charge in [0.1, 0.15) is 5.75 Å². The minimum Gasteiger partial charge on any atom is -0.507 e. The van der Waals surface area contributed by atoms with Crippen LogP contribution in [0.3, 0.4) is 0 Å². The number of imide groups is 1. The van der Waals surface area contributed by atoms with E-state index in [1.54, 1.807) is 30.3 Å². The van der Waals surface area contributed by atoms with Gasteiger partial charge in [0.2, 0.25) is 0 Å². The molecule has 0 saturated carbocycles. The van der Waals surface area contributed by atoms with Gasteiger partial charge in [0, 0.05) is 0 Å². The third-order valence-electron chi connectivity index (χ3n) is 3.68. The average molecular weight is 379 g/mol. The fourth-order valence-corrected chi connectivity index (χ4v) is 3.26. The summed E-state index contributed by atoms with van der Waals surface area (Å²) in [4.78, 5) is 25.6. The van der Waals surface area contributed by atoms with Crippen molar-refractivity contribution in [2.75, 3.05) is 0 Å². The van der Waals surface area contributed by atoms with Crippen molar-refractivity contribution < 1.29 is 27.9 Å². The maximum atomic E-state index is 12.9. The van der Waals surface area contributed by atoms with Crippen LogP contribution in [0, 0.1) is 0 Å². The van der Waals surface area contributed by atoms with E-state index in [0.29, 0.717) is 11.8 Å². The van der Waals surface area contributed by atoms with Gasteiger partial charge in [-0.1, -0.05) is 36.4 Å². The lowest BCUT2D eigenvalue weighted by Gasteiger charge is -2.12.